The number of carbonyl (C=O) groups excluding carboxylic acids is 3. The lowest BCUT2D eigenvalue weighted by atomic mass is 9.99. The number of likely N-dealkylation sites (tertiary alicyclic amines) is 1. The van der Waals surface area contributed by atoms with Crippen molar-refractivity contribution >= 4 is 34.2 Å². The van der Waals surface area contributed by atoms with Crippen LogP contribution in [0.25, 0.3) is 10.8 Å². The predicted molar refractivity (Wildman–Crippen MR) is 147 cm³/mol. The number of amides is 3. The lowest BCUT2D eigenvalue weighted by Crippen LogP contribution is -2.53. The minimum absolute atomic E-state index is 0.152. The first kappa shape index (κ1) is 25.9. The Morgan fingerprint density at radius 2 is 1.73 bits per heavy atom. The van der Waals surface area contributed by atoms with Crippen LogP contribution >= 0.6 is 0 Å². The molecule has 0 spiro atoms. The fraction of sp³-hybridized carbons (Fsp3) is 0.567. The van der Waals surface area contributed by atoms with Gasteiger partial charge in [-0.1, -0.05) is 43.9 Å². The van der Waals surface area contributed by atoms with Crippen LogP contribution in [-0.2, 0) is 16.1 Å². The molecular formula is C30H40N4O3. The Kier molecular flexibility index (Phi) is 8.20. The second-order valence-corrected chi connectivity index (χ2v) is 11.0. The van der Waals surface area contributed by atoms with Gasteiger partial charge in [0, 0.05) is 23.9 Å². The summed E-state index contributed by atoms with van der Waals surface area (Å²) in [5.41, 5.74) is 2.62. The summed E-state index contributed by atoms with van der Waals surface area (Å²) in [5, 5.41) is 4.39. The first-order chi connectivity index (χ1) is 18.0. The topological polar surface area (TPSA) is 73.0 Å². The van der Waals surface area contributed by atoms with E-state index in [4.69, 9.17) is 0 Å². The van der Waals surface area contributed by atoms with Gasteiger partial charge in [0.2, 0.25) is 11.8 Å². The first-order valence-corrected chi connectivity index (χ1v) is 14.2. The molecule has 2 aromatic carbocycles. The van der Waals surface area contributed by atoms with Crippen LogP contribution in [0.3, 0.4) is 0 Å². The Morgan fingerprint density at radius 1 is 0.946 bits per heavy atom. The molecule has 1 unspecified atom stereocenters. The van der Waals surface area contributed by atoms with Crippen LogP contribution in [-0.4, -0.2) is 66.8 Å². The molecule has 37 heavy (non-hydrogen) atoms. The van der Waals surface area contributed by atoms with Crippen molar-refractivity contribution in [3.05, 3.63) is 41.5 Å². The maximum atomic E-state index is 13.3. The number of anilines is 1. The third-order valence-electron chi connectivity index (χ3n) is 8.24. The van der Waals surface area contributed by atoms with Crippen molar-refractivity contribution in [3.63, 3.8) is 0 Å². The van der Waals surface area contributed by atoms with Crippen molar-refractivity contribution in [2.75, 3.05) is 38.1 Å². The van der Waals surface area contributed by atoms with Gasteiger partial charge in [-0.3, -0.25) is 24.6 Å². The second-order valence-electron chi connectivity index (χ2n) is 11.0. The Hall–Kier alpha value is -2.77. The van der Waals surface area contributed by atoms with Gasteiger partial charge in [-0.25, -0.2) is 0 Å². The quantitative estimate of drug-likeness (QED) is 0.361. The fourth-order valence-electron chi connectivity index (χ4n) is 6.24. The van der Waals surface area contributed by atoms with Crippen LogP contribution in [0, 0.1) is 0 Å². The molecule has 2 aromatic rings. The molecule has 2 saturated heterocycles. The Labute approximate surface area is 220 Å². The van der Waals surface area contributed by atoms with Crippen molar-refractivity contribution < 1.29 is 14.4 Å². The van der Waals surface area contributed by atoms with Gasteiger partial charge in [-0.15, -0.1) is 0 Å². The van der Waals surface area contributed by atoms with E-state index in [1.165, 1.54) is 76.6 Å². The number of nitrogens with one attached hydrogen (secondary N) is 1. The molecule has 7 heteroatoms. The number of unbranched alkanes of at least 4 members (excludes halogenated alkanes) is 4. The molecule has 7 nitrogen and oxygen atoms in total. The summed E-state index contributed by atoms with van der Waals surface area (Å²) in [6.45, 7) is 5.74. The average molecular weight is 505 g/mol. The highest BCUT2D eigenvalue weighted by atomic mass is 16.2. The molecule has 1 atom stereocenters. The number of rotatable bonds is 11. The SMILES string of the molecule is CN(CCCCCCCN1CCCCC1)Cc1ccc2c3c(cccc13)C(=O)N2C1CCC(=O)NC1=O. The summed E-state index contributed by atoms with van der Waals surface area (Å²) in [4.78, 5) is 44.1. The maximum Gasteiger partial charge on any atom is 0.259 e. The molecule has 5 rings (SSSR count). The largest absolute Gasteiger partial charge is 0.303 e. The van der Waals surface area contributed by atoms with Gasteiger partial charge >= 0.3 is 0 Å². The highest BCUT2D eigenvalue weighted by Gasteiger charge is 2.40. The van der Waals surface area contributed by atoms with Crippen molar-refractivity contribution in [3.8, 4) is 0 Å². The second kappa shape index (κ2) is 11.7. The average Bonchev–Trinajstić information content (AvgIpc) is 3.18. The zero-order valence-electron chi connectivity index (χ0n) is 22.1. The van der Waals surface area contributed by atoms with Crippen LogP contribution in [0.5, 0.6) is 0 Å². The van der Waals surface area contributed by atoms with Gasteiger partial charge in [0.15, 0.2) is 0 Å². The van der Waals surface area contributed by atoms with Crippen molar-refractivity contribution in [1.82, 2.24) is 15.1 Å². The first-order valence-electron chi connectivity index (χ1n) is 14.2. The van der Waals surface area contributed by atoms with Gasteiger partial charge in [0.05, 0.1) is 5.69 Å². The monoisotopic (exact) mass is 504 g/mol. The Bertz CT molecular complexity index is 1160. The molecule has 3 aliphatic rings. The van der Waals surface area contributed by atoms with Crippen molar-refractivity contribution in [2.45, 2.75) is 76.8 Å². The number of hydrogen-bond donors (Lipinski definition) is 1. The molecule has 3 amide bonds. The van der Waals surface area contributed by atoms with E-state index in [0.717, 1.165) is 29.5 Å². The molecule has 3 heterocycles. The van der Waals surface area contributed by atoms with Crippen LogP contribution in [0.15, 0.2) is 30.3 Å². The minimum Gasteiger partial charge on any atom is -0.303 e. The lowest BCUT2D eigenvalue weighted by Gasteiger charge is -2.30. The molecule has 0 bridgehead atoms. The zero-order valence-corrected chi connectivity index (χ0v) is 22.1. The van der Waals surface area contributed by atoms with Crippen molar-refractivity contribution in [2.24, 2.45) is 0 Å². The summed E-state index contributed by atoms with van der Waals surface area (Å²) >= 11 is 0. The van der Waals surface area contributed by atoms with E-state index < -0.39 is 6.04 Å². The predicted octanol–water partition coefficient (Wildman–Crippen LogP) is 4.47. The highest BCUT2D eigenvalue weighted by Crippen LogP contribution is 2.41. The summed E-state index contributed by atoms with van der Waals surface area (Å²) in [6.07, 6.45) is 11.2. The van der Waals surface area contributed by atoms with Crippen LogP contribution in [0.1, 0.15) is 80.1 Å². The number of hydrogen-bond acceptors (Lipinski definition) is 5. The van der Waals surface area contributed by atoms with E-state index in [-0.39, 0.29) is 24.1 Å². The molecule has 3 aliphatic heterocycles. The number of benzene rings is 2. The third kappa shape index (κ3) is 5.73. The van der Waals surface area contributed by atoms with Gasteiger partial charge < -0.3 is 9.80 Å². The van der Waals surface area contributed by atoms with Gasteiger partial charge in [0.25, 0.3) is 5.91 Å². The van der Waals surface area contributed by atoms with Crippen molar-refractivity contribution in [1.29, 1.82) is 0 Å². The molecular weight excluding hydrogens is 464 g/mol. The Balaban J connectivity index is 1.15. The number of carbonyl (C=O) groups is 3. The smallest absolute Gasteiger partial charge is 0.259 e. The molecule has 0 aromatic heterocycles. The van der Waals surface area contributed by atoms with Crippen LogP contribution in [0.2, 0.25) is 0 Å². The molecule has 0 radical (unpaired) electrons. The Morgan fingerprint density at radius 3 is 2.54 bits per heavy atom. The highest BCUT2D eigenvalue weighted by molar-refractivity contribution is 6.27. The van der Waals surface area contributed by atoms with E-state index in [0.29, 0.717) is 12.0 Å². The molecule has 198 valence electrons. The van der Waals surface area contributed by atoms with Crippen LogP contribution in [0.4, 0.5) is 5.69 Å². The van der Waals surface area contributed by atoms with E-state index >= 15 is 0 Å². The normalized spacial score (nSPS) is 20.3. The number of nitrogens with zero attached hydrogens (tertiary/aromatic N) is 3. The fourth-order valence-corrected chi connectivity index (χ4v) is 6.24. The van der Waals surface area contributed by atoms with E-state index in [9.17, 15) is 14.4 Å². The van der Waals surface area contributed by atoms with E-state index in [2.05, 4.69) is 34.3 Å². The maximum absolute atomic E-state index is 13.3. The summed E-state index contributed by atoms with van der Waals surface area (Å²) < 4.78 is 0. The van der Waals surface area contributed by atoms with Gasteiger partial charge in [-0.2, -0.15) is 0 Å². The van der Waals surface area contributed by atoms with Gasteiger partial charge in [-0.05, 0) is 88.4 Å². The number of imide groups is 1. The van der Waals surface area contributed by atoms with E-state index in [1.807, 2.05) is 18.2 Å². The minimum atomic E-state index is -0.644. The summed E-state index contributed by atoms with van der Waals surface area (Å²) in [6, 6.07) is 9.28. The molecule has 2 fully saturated rings. The zero-order chi connectivity index (χ0) is 25.8. The number of piperidine rings is 2. The van der Waals surface area contributed by atoms with Crippen LogP contribution < -0.4 is 10.2 Å². The summed E-state index contributed by atoms with van der Waals surface area (Å²) in [5.74, 6) is -0.812. The molecule has 0 saturated carbocycles. The lowest BCUT2D eigenvalue weighted by molar-refractivity contribution is -0.134. The molecule has 0 aliphatic carbocycles. The standard InChI is InChI=1S/C30H40N4O3/c1-32(17-6-3-2-4-7-18-33-19-8-5-9-20-33)21-22-13-14-25-28-23(22)11-10-12-24(28)30(37)34(25)26-15-16-27(35)31-29(26)36/h10-14,26H,2-9,15-21H2,1H3,(H,31,35,36). The van der Waals surface area contributed by atoms with Gasteiger partial charge in [0.1, 0.15) is 6.04 Å². The summed E-state index contributed by atoms with van der Waals surface area (Å²) in [7, 11) is 2.17. The third-order valence-corrected chi connectivity index (χ3v) is 8.24. The van der Waals surface area contributed by atoms with E-state index in [1.54, 1.807) is 4.90 Å². The molecule has 1 N–H and O–H groups in total.